The van der Waals surface area contributed by atoms with Gasteiger partial charge in [-0.05, 0) is 23.6 Å². The van der Waals surface area contributed by atoms with Crippen LogP contribution in [0.25, 0.3) is 11.3 Å². The highest BCUT2D eigenvalue weighted by atomic mass is 32.1. The number of hydrogen-bond donors (Lipinski definition) is 3. The van der Waals surface area contributed by atoms with Crippen molar-refractivity contribution >= 4 is 51.2 Å². The topological polar surface area (TPSA) is 100 Å². The fourth-order valence-electron chi connectivity index (χ4n) is 2.21. The first-order valence-corrected chi connectivity index (χ1v) is 9.72. The van der Waals surface area contributed by atoms with Crippen LogP contribution in [0.3, 0.4) is 0 Å². The Bertz CT molecular complexity index is 949. The lowest BCUT2D eigenvalue weighted by molar-refractivity contribution is -0.115. The van der Waals surface area contributed by atoms with E-state index in [1.165, 1.54) is 29.6 Å². The molecular formula is C18H16N4O3S2. The van der Waals surface area contributed by atoms with Gasteiger partial charge >= 0.3 is 0 Å². The fourth-order valence-corrected chi connectivity index (χ4v) is 3.59. The molecular weight excluding hydrogens is 384 g/mol. The van der Waals surface area contributed by atoms with Crippen molar-refractivity contribution in [2.45, 2.75) is 6.92 Å². The van der Waals surface area contributed by atoms with E-state index in [1.54, 1.807) is 29.6 Å². The van der Waals surface area contributed by atoms with Crippen molar-refractivity contribution in [2.24, 2.45) is 0 Å². The molecule has 0 aliphatic carbocycles. The summed E-state index contributed by atoms with van der Waals surface area (Å²) in [5.74, 6) is -0.756. The largest absolute Gasteiger partial charge is 0.342 e. The number of nitrogens with zero attached hydrogens (tertiary/aromatic N) is 1. The Balaban J connectivity index is 1.55. The number of rotatable bonds is 6. The van der Waals surface area contributed by atoms with Crippen LogP contribution >= 0.6 is 22.7 Å². The van der Waals surface area contributed by atoms with Crippen LogP contribution in [0.15, 0.2) is 47.2 Å². The van der Waals surface area contributed by atoms with E-state index in [-0.39, 0.29) is 24.3 Å². The molecule has 0 spiro atoms. The summed E-state index contributed by atoms with van der Waals surface area (Å²) in [6, 6.07) is 10.7. The average Bonchev–Trinajstić information content (AvgIpc) is 3.32. The molecule has 0 unspecified atom stereocenters. The Kier molecular flexibility index (Phi) is 5.94. The molecule has 0 bridgehead atoms. The Morgan fingerprint density at radius 1 is 1.04 bits per heavy atom. The minimum atomic E-state index is -0.346. The van der Waals surface area contributed by atoms with Gasteiger partial charge in [0.05, 0.1) is 17.1 Å². The second-order valence-electron chi connectivity index (χ2n) is 5.50. The predicted octanol–water partition coefficient (Wildman–Crippen LogP) is 3.20. The molecule has 0 aliphatic rings. The van der Waals surface area contributed by atoms with Gasteiger partial charge in [-0.15, -0.1) is 22.7 Å². The van der Waals surface area contributed by atoms with E-state index in [2.05, 4.69) is 20.9 Å². The summed E-state index contributed by atoms with van der Waals surface area (Å²) in [5, 5.41) is 12.0. The Labute approximate surface area is 163 Å². The van der Waals surface area contributed by atoms with Gasteiger partial charge in [-0.25, -0.2) is 4.98 Å². The zero-order valence-electron chi connectivity index (χ0n) is 14.3. The van der Waals surface area contributed by atoms with Gasteiger partial charge in [-0.2, -0.15) is 0 Å². The number of anilines is 2. The number of amides is 3. The molecule has 0 radical (unpaired) electrons. The minimum Gasteiger partial charge on any atom is -0.342 e. The second kappa shape index (κ2) is 8.56. The van der Waals surface area contributed by atoms with Gasteiger partial charge in [0.2, 0.25) is 11.8 Å². The quantitative estimate of drug-likeness (QED) is 0.591. The molecule has 2 heterocycles. The van der Waals surface area contributed by atoms with Crippen molar-refractivity contribution < 1.29 is 14.4 Å². The van der Waals surface area contributed by atoms with E-state index in [0.29, 0.717) is 21.4 Å². The Hall–Kier alpha value is -3.04. The van der Waals surface area contributed by atoms with Crippen LogP contribution in [0.2, 0.25) is 0 Å². The number of thiophene rings is 1. The normalized spacial score (nSPS) is 10.3. The van der Waals surface area contributed by atoms with Crippen molar-refractivity contribution in [3.63, 3.8) is 0 Å². The lowest BCUT2D eigenvalue weighted by Crippen LogP contribution is -2.32. The van der Waals surface area contributed by atoms with Crippen LogP contribution in [0, 0.1) is 0 Å². The van der Waals surface area contributed by atoms with Gasteiger partial charge in [0.1, 0.15) is 0 Å². The van der Waals surface area contributed by atoms with E-state index >= 15 is 0 Å². The van der Waals surface area contributed by atoms with Crippen molar-refractivity contribution in [3.05, 3.63) is 52.0 Å². The van der Waals surface area contributed by atoms with Crippen LogP contribution in [-0.4, -0.2) is 29.3 Å². The summed E-state index contributed by atoms with van der Waals surface area (Å²) >= 11 is 2.61. The minimum absolute atomic E-state index is 0.128. The van der Waals surface area contributed by atoms with Crippen molar-refractivity contribution in [1.29, 1.82) is 0 Å². The molecule has 3 N–H and O–H groups in total. The zero-order chi connectivity index (χ0) is 19.2. The molecule has 0 saturated carbocycles. The van der Waals surface area contributed by atoms with Crippen molar-refractivity contribution in [3.8, 4) is 11.3 Å². The first kappa shape index (κ1) is 18.7. The smallest absolute Gasteiger partial charge is 0.261 e. The van der Waals surface area contributed by atoms with Gasteiger partial charge in [0.15, 0.2) is 5.13 Å². The number of benzene rings is 1. The first-order valence-electron chi connectivity index (χ1n) is 7.96. The predicted molar refractivity (Wildman–Crippen MR) is 107 cm³/mol. The SMILES string of the molecule is CC(=O)Nc1ccc(-c2csc(NC(=O)CNC(=O)c3cccs3)n2)cc1. The third-order valence-corrected chi connectivity index (χ3v) is 5.03. The molecule has 0 atom stereocenters. The van der Waals surface area contributed by atoms with Crippen molar-refractivity contribution in [2.75, 3.05) is 17.2 Å². The number of carbonyl (C=O) groups is 3. The van der Waals surface area contributed by atoms with Crippen LogP contribution in [0.1, 0.15) is 16.6 Å². The standard InChI is InChI=1S/C18H16N4O3S2/c1-11(23)20-13-6-4-12(5-7-13)14-10-27-18(21-14)22-16(24)9-19-17(25)15-3-2-8-26-15/h2-8,10H,9H2,1H3,(H,19,25)(H,20,23)(H,21,22,24). The van der Waals surface area contributed by atoms with Gasteiger partial charge in [-0.1, -0.05) is 18.2 Å². The maximum Gasteiger partial charge on any atom is 0.261 e. The summed E-state index contributed by atoms with van der Waals surface area (Å²) < 4.78 is 0. The molecule has 3 rings (SSSR count). The summed E-state index contributed by atoms with van der Waals surface area (Å²) in [7, 11) is 0. The molecule has 3 amide bonds. The van der Waals surface area contributed by atoms with E-state index in [4.69, 9.17) is 0 Å². The van der Waals surface area contributed by atoms with Gasteiger partial charge < -0.3 is 16.0 Å². The molecule has 27 heavy (non-hydrogen) atoms. The second-order valence-corrected chi connectivity index (χ2v) is 7.31. The summed E-state index contributed by atoms with van der Waals surface area (Å²) in [6.45, 7) is 1.32. The van der Waals surface area contributed by atoms with Gasteiger partial charge in [0.25, 0.3) is 5.91 Å². The van der Waals surface area contributed by atoms with Crippen LogP contribution < -0.4 is 16.0 Å². The van der Waals surface area contributed by atoms with Crippen LogP contribution in [0.4, 0.5) is 10.8 Å². The zero-order valence-corrected chi connectivity index (χ0v) is 15.9. The molecule has 3 aromatic rings. The lowest BCUT2D eigenvalue weighted by atomic mass is 10.1. The molecule has 2 aromatic heterocycles. The fraction of sp³-hybridized carbons (Fsp3) is 0.111. The maximum atomic E-state index is 12.0. The molecule has 138 valence electrons. The number of nitrogens with one attached hydrogen (secondary N) is 3. The summed E-state index contributed by atoms with van der Waals surface area (Å²) in [6.07, 6.45) is 0. The van der Waals surface area contributed by atoms with Gasteiger partial charge in [0, 0.05) is 23.6 Å². The maximum absolute atomic E-state index is 12.0. The third-order valence-electron chi connectivity index (χ3n) is 3.41. The van der Waals surface area contributed by atoms with E-state index in [1.807, 2.05) is 17.5 Å². The Morgan fingerprint density at radius 3 is 2.48 bits per heavy atom. The summed E-state index contributed by atoms with van der Waals surface area (Å²) in [4.78, 5) is 39.8. The molecule has 1 aromatic carbocycles. The molecule has 0 saturated heterocycles. The highest BCUT2D eigenvalue weighted by molar-refractivity contribution is 7.14. The third kappa shape index (κ3) is 5.22. The van der Waals surface area contributed by atoms with E-state index < -0.39 is 0 Å². The average molecular weight is 400 g/mol. The monoisotopic (exact) mass is 400 g/mol. The number of carbonyl (C=O) groups excluding carboxylic acids is 3. The highest BCUT2D eigenvalue weighted by Crippen LogP contribution is 2.26. The lowest BCUT2D eigenvalue weighted by Gasteiger charge is -2.04. The molecule has 7 nitrogen and oxygen atoms in total. The summed E-state index contributed by atoms with van der Waals surface area (Å²) in [5.41, 5.74) is 2.29. The van der Waals surface area contributed by atoms with E-state index in [9.17, 15) is 14.4 Å². The number of aromatic nitrogens is 1. The highest BCUT2D eigenvalue weighted by Gasteiger charge is 2.11. The number of hydrogen-bond acceptors (Lipinski definition) is 6. The molecule has 0 fully saturated rings. The van der Waals surface area contributed by atoms with E-state index in [0.717, 1.165) is 5.56 Å². The van der Waals surface area contributed by atoms with Crippen LogP contribution in [-0.2, 0) is 9.59 Å². The molecule has 9 heteroatoms. The van der Waals surface area contributed by atoms with Crippen LogP contribution in [0.5, 0.6) is 0 Å². The molecule has 0 aliphatic heterocycles. The first-order chi connectivity index (χ1) is 13.0. The van der Waals surface area contributed by atoms with Crippen molar-refractivity contribution in [1.82, 2.24) is 10.3 Å². The number of thiazole rings is 1. The Morgan fingerprint density at radius 2 is 1.81 bits per heavy atom. The van der Waals surface area contributed by atoms with Gasteiger partial charge in [-0.3, -0.25) is 14.4 Å².